The van der Waals surface area contributed by atoms with Gasteiger partial charge in [0.25, 0.3) is 0 Å². The summed E-state index contributed by atoms with van der Waals surface area (Å²) in [6, 6.07) is 0. The molecule has 0 aromatic carbocycles. The van der Waals surface area contributed by atoms with Crippen LogP contribution in [0.4, 0.5) is 0 Å². The summed E-state index contributed by atoms with van der Waals surface area (Å²) >= 11 is 2.08. The number of rotatable bonds is 5. The zero-order chi connectivity index (χ0) is 12.5. The third kappa shape index (κ3) is 6.47. The smallest absolute Gasteiger partial charge is 0.193 e. The van der Waals surface area contributed by atoms with E-state index in [0.29, 0.717) is 0 Å². The highest BCUT2D eigenvalue weighted by molar-refractivity contribution is 14.0. The molecule has 0 spiro atoms. The van der Waals surface area contributed by atoms with Crippen molar-refractivity contribution < 1.29 is 4.74 Å². The Morgan fingerprint density at radius 1 is 1.56 bits per heavy atom. The zero-order valence-corrected chi connectivity index (χ0v) is 14.8. The van der Waals surface area contributed by atoms with E-state index >= 15 is 0 Å². The van der Waals surface area contributed by atoms with Crippen LogP contribution in [-0.4, -0.2) is 62.3 Å². The maximum absolute atomic E-state index is 5.04. The molecule has 0 radical (unpaired) electrons. The van der Waals surface area contributed by atoms with Crippen molar-refractivity contribution >= 4 is 41.7 Å². The summed E-state index contributed by atoms with van der Waals surface area (Å²) in [5, 5.41) is 4.16. The van der Waals surface area contributed by atoms with Crippen LogP contribution in [0, 0.1) is 0 Å². The van der Waals surface area contributed by atoms with Crippen molar-refractivity contribution in [2.45, 2.75) is 25.0 Å². The van der Waals surface area contributed by atoms with Crippen molar-refractivity contribution in [2.24, 2.45) is 4.99 Å². The molecule has 1 N–H and O–H groups in total. The van der Waals surface area contributed by atoms with Gasteiger partial charge in [-0.3, -0.25) is 4.99 Å². The van der Waals surface area contributed by atoms with Gasteiger partial charge in [-0.25, -0.2) is 0 Å². The van der Waals surface area contributed by atoms with Crippen molar-refractivity contribution in [3.63, 3.8) is 0 Å². The van der Waals surface area contributed by atoms with E-state index in [-0.39, 0.29) is 24.0 Å². The van der Waals surface area contributed by atoms with E-state index in [0.717, 1.165) is 43.9 Å². The molecule has 1 rings (SSSR count). The molecule has 0 bridgehead atoms. The molecule has 108 valence electrons. The second kappa shape index (κ2) is 11.2. The van der Waals surface area contributed by atoms with Gasteiger partial charge in [0.1, 0.15) is 0 Å². The molecule has 1 atom stereocenters. The molecule has 1 fully saturated rings. The maximum Gasteiger partial charge on any atom is 0.193 e. The van der Waals surface area contributed by atoms with Gasteiger partial charge < -0.3 is 15.0 Å². The molecule has 1 aliphatic rings. The predicted molar refractivity (Wildman–Crippen MR) is 91.4 cm³/mol. The highest BCUT2D eigenvalue weighted by Crippen LogP contribution is 2.20. The lowest BCUT2D eigenvalue weighted by molar-refractivity contribution is 0.195. The fraction of sp³-hybridized carbons (Fsp3) is 0.917. The number of halogens is 1. The molecule has 1 heterocycles. The molecule has 4 nitrogen and oxygen atoms in total. The first kappa shape index (κ1) is 18.3. The van der Waals surface area contributed by atoms with Gasteiger partial charge in [-0.1, -0.05) is 6.92 Å². The molecule has 1 unspecified atom stereocenters. The van der Waals surface area contributed by atoms with Crippen LogP contribution in [0.2, 0.25) is 0 Å². The molecular formula is C12H26IN3OS. The van der Waals surface area contributed by atoms with Gasteiger partial charge in [-0.2, -0.15) is 11.8 Å². The Morgan fingerprint density at radius 3 is 2.94 bits per heavy atom. The largest absolute Gasteiger partial charge is 0.385 e. The van der Waals surface area contributed by atoms with E-state index in [2.05, 4.69) is 33.9 Å². The molecule has 0 aromatic rings. The Balaban J connectivity index is 0.00000289. The van der Waals surface area contributed by atoms with Crippen LogP contribution in [0.5, 0.6) is 0 Å². The van der Waals surface area contributed by atoms with E-state index in [9.17, 15) is 0 Å². The number of methoxy groups -OCH3 is 1. The van der Waals surface area contributed by atoms with Crippen molar-refractivity contribution in [3.05, 3.63) is 0 Å². The number of ether oxygens (including phenoxy) is 1. The Hall–Kier alpha value is 0.310. The molecule has 6 heteroatoms. The average Bonchev–Trinajstić information content (AvgIpc) is 2.39. The Morgan fingerprint density at radius 2 is 2.33 bits per heavy atom. The third-order valence-corrected chi connectivity index (χ3v) is 4.29. The number of guanidine groups is 1. The summed E-state index contributed by atoms with van der Waals surface area (Å²) < 4.78 is 5.04. The number of hydrogen-bond acceptors (Lipinski definition) is 3. The molecule has 1 aliphatic heterocycles. The first-order valence-electron chi connectivity index (χ1n) is 6.38. The molecule has 1 saturated heterocycles. The molecule has 18 heavy (non-hydrogen) atoms. The van der Waals surface area contributed by atoms with Crippen LogP contribution in [0.3, 0.4) is 0 Å². The van der Waals surface area contributed by atoms with Crippen molar-refractivity contribution in [2.75, 3.05) is 46.2 Å². The number of aliphatic imine (C=N–C) groups is 1. The van der Waals surface area contributed by atoms with Gasteiger partial charge in [0.05, 0.1) is 0 Å². The standard InChI is InChI=1S/C12H25N3OS.HI/c1-4-11-10-15(7-9-17-11)12(13-2)14-6-5-8-16-3;/h11H,4-10H2,1-3H3,(H,13,14);1H. The van der Waals surface area contributed by atoms with Crippen LogP contribution in [-0.2, 0) is 4.74 Å². The van der Waals surface area contributed by atoms with E-state index < -0.39 is 0 Å². The minimum absolute atomic E-state index is 0. The maximum atomic E-state index is 5.04. The van der Waals surface area contributed by atoms with Crippen molar-refractivity contribution in [3.8, 4) is 0 Å². The molecule has 0 aromatic heterocycles. The first-order valence-corrected chi connectivity index (χ1v) is 7.42. The second-order valence-electron chi connectivity index (χ2n) is 4.17. The van der Waals surface area contributed by atoms with E-state index in [4.69, 9.17) is 4.74 Å². The monoisotopic (exact) mass is 387 g/mol. The lowest BCUT2D eigenvalue weighted by Crippen LogP contribution is -2.48. The Kier molecular flexibility index (Phi) is 11.4. The molecule has 0 aliphatic carbocycles. The predicted octanol–water partition coefficient (Wildman–Crippen LogP) is 2.04. The summed E-state index contributed by atoms with van der Waals surface area (Å²) in [7, 11) is 3.60. The summed E-state index contributed by atoms with van der Waals surface area (Å²) in [5.74, 6) is 2.25. The summed E-state index contributed by atoms with van der Waals surface area (Å²) in [6.45, 7) is 6.21. The van der Waals surface area contributed by atoms with Crippen molar-refractivity contribution in [1.82, 2.24) is 10.2 Å². The fourth-order valence-electron chi connectivity index (χ4n) is 1.91. The van der Waals surface area contributed by atoms with Gasteiger partial charge in [0, 0.05) is 51.4 Å². The number of nitrogens with one attached hydrogen (secondary N) is 1. The quantitative estimate of drug-likeness (QED) is 0.339. The summed E-state index contributed by atoms with van der Waals surface area (Å²) in [6.07, 6.45) is 2.26. The minimum Gasteiger partial charge on any atom is -0.385 e. The van der Waals surface area contributed by atoms with Crippen LogP contribution >= 0.6 is 35.7 Å². The van der Waals surface area contributed by atoms with E-state index in [1.165, 1.54) is 12.2 Å². The number of nitrogens with zero attached hydrogens (tertiary/aromatic N) is 2. The van der Waals surface area contributed by atoms with Crippen LogP contribution in [0.25, 0.3) is 0 Å². The van der Waals surface area contributed by atoms with Gasteiger partial charge >= 0.3 is 0 Å². The molecule has 0 amide bonds. The van der Waals surface area contributed by atoms with Gasteiger partial charge in [-0.15, -0.1) is 24.0 Å². The number of hydrogen-bond donors (Lipinski definition) is 1. The molecule has 0 saturated carbocycles. The van der Waals surface area contributed by atoms with Gasteiger partial charge in [-0.05, 0) is 12.8 Å². The van der Waals surface area contributed by atoms with E-state index in [1.807, 2.05) is 7.05 Å². The zero-order valence-electron chi connectivity index (χ0n) is 11.6. The topological polar surface area (TPSA) is 36.9 Å². The highest BCUT2D eigenvalue weighted by Gasteiger charge is 2.20. The highest BCUT2D eigenvalue weighted by atomic mass is 127. The summed E-state index contributed by atoms with van der Waals surface area (Å²) in [4.78, 5) is 6.73. The summed E-state index contributed by atoms with van der Waals surface area (Å²) in [5.41, 5.74) is 0. The Bertz CT molecular complexity index is 241. The lowest BCUT2D eigenvalue weighted by atomic mass is 10.3. The van der Waals surface area contributed by atoms with Crippen LogP contribution in [0.1, 0.15) is 19.8 Å². The van der Waals surface area contributed by atoms with Crippen LogP contribution < -0.4 is 5.32 Å². The van der Waals surface area contributed by atoms with Crippen LogP contribution in [0.15, 0.2) is 4.99 Å². The number of thioether (sulfide) groups is 1. The first-order chi connectivity index (χ1) is 8.31. The van der Waals surface area contributed by atoms with Gasteiger partial charge in [0.2, 0.25) is 0 Å². The van der Waals surface area contributed by atoms with Crippen molar-refractivity contribution in [1.29, 1.82) is 0 Å². The molecular weight excluding hydrogens is 361 g/mol. The van der Waals surface area contributed by atoms with E-state index in [1.54, 1.807) is 7.11 Å². The average molecular weight is 387 g/mol. The lowest BCUT2D eigenvalue weighted by Gasteiger charge is -2.34. The normalized spacial score (nSPS) is 20.5. The minimum atomic E-state index is 0. The fourth-order valence-corrected chi connectivity index (χ4v) is 3.09. The SMILES string of the molecule is CCC1CN(C(=NC)NCCCOC)CCS1.I. The second-order valence-corrected chi connectivity index (χ2v) is 5.58. The Labute approximate surface area is 132 Å². The third-order valence-electron chi connectivity index (χ3n) is 2.91. The van der Waals surface area contributed by atoms with Gasteiger partial charge in [0.15, 0.2) is 5.96 Å².